The molecule has 1 heterocycles. The van der Waals surface area contributed by atoms with Crippen molar-refractivity contribution in [1.29, 1.82) is 0 Å². The number of para-hydroxylation sites is 1. The molecule has 1 aliphatic rings. The Kier molecular flexibility index (Phi) is 5.42. The summed E-state index contributed by atoms with van der Waals surface area (Å²) in [5.74, 6) is 0. The molecule has 1 saturated heterocycles. The van der Waals surface area contributed by atoms with Crippen molar-refractivity contribution >= 4 is 15.5 Å². The Labute approximate surface area is 149 Å². The number of piperidine rings is 1. The van der Waals surface area contributed by atoms with E-state index >= 15 is 0 Å². The van der Waals surface area contributed by atoms with Gasteiger partial charge in [0.05, 0.1) is 4.90 Å². The fraction of sp³-hybridized carbons (Fsp3) is 0.368. The van der Waals surface area contributed by atoms with Crippen LogP contribution < -0.4 is 11.1 Å². The van der Waals surface area contributed by atoms with E-state index in [4.69, 9.17) is 5.73 Å². The van der Waals surface area contributed by atoms with Crippen LogP contribution >= 0.6 is 0 Å². The molecule has 5 nitrogen and oxygen atoms in total. The van der Waals surface area contributed by atoms with Gasteiger partial charge < -0.3 is 16.0 Å². The zero-order valence-electron chi connectivity index (χ0n) is 14.4. The van der Waals surface area contributed by atoms with Gasteiger partial charge in [-0.15, -0.1) is 0 Å². The minimum atomic E-state index is -3.63. The van der Waals surface area contributed by atoms with E-state index in [0.29, 0.717) is 11.6 Å². The van der Waals surface area contributed by atoms with Gasteiger partial charge in [-0.1, -0.05) is 36.4 Å². The molecule has 2 aromatic carbocycles. The number of anilines is 1. The molecule has 0 aromatic heterocycles. The van der Waals surface area contributed by atoms with Crippen LogP contribution in [0.15, 0.2) is 59.5 Å². The van der Waals surface area contributed by atoms with Crippen molar-refractivity contribution < 1.29 is 8.42 Å². The maximum absolute atomic E-state index is 12.9. The third-order valence-corrected chi connectivity index (χ3v) is 6.60. The van der Waals surface area contributed by atoms with Crippen molar-refractivity contribution in [3.05, 3.63) is 60.2 Å². The fourth-order valence-electron chi connectivity index (χ4n) is 3.17. The smallest absolute Gasteiger partial charge is 0.198 e. The second-order valence-electron chi connectivity index (χ2n) is 6.59. The first kappa shape index (κ1) is 17.9. The molecule has 0 amide bonds. The van der Waals surface area contributed by atoms with Gasteiger partial charge in [-0.25, -0.2) is 8.42 Å². The van der Waals surface area contributed by atoms with E-state index in [2.05, 4.69) is 17.3 Å². The summed E-state index contributed by atoms with van der Waals surface area (Å²) in [4.78, 5) is 2.55. The summed E-state index contributed by atoms with van der Waals surface area (Å²) in [5, 5.41) is 2.41. The highest BCUT2D eigenvalue weighted by atomic mass is 32.2. The second kappa shape index (κ2) is 7.56. The average molecular weight is 359 g/mol. The van der Waals surface area contributed by atoms with E-state index in [9.17, 15) is 8.42 Å². The molecular formula is C19H25N3O2S. The molecule has 25 heavy (non-hydrogen) atoms. The molecule has 1 aliphatic heterocycles. The molecule has 3 rings (SSSR count). The van der Waals surface area contributed by atoms with Crippen molar-refractivity contribution in [2.24, 2.45) is 5.73 Å². The number of likely N-dealkylation sites (tertiary alicyclic amines) is 1. The predicted octanol–water partition coefficient (Wildman–Crippen LogP) is 2.62. The van der Waals surface area contributed by atoms with Crippen LogP contribution in [0.3, 0.4) is 0 Å². The standard InChI is InChI=1S/C19H25N3O2S/c1-22-13-11-15(12-14-22)21-18-10-6-5-9-17(18)19(20)25(23,24)16-7-3-2-4-8-16/h2-10,15,19,21H,11-14,20H2,1H3. The zero-order valence-corrected chi connectivity index (χ0v) is 15.2. The van der Waals surface area contributed by atoms with E-state index < -0.39 is 15.2 Å². The Morgan fingerprint density at radius 3 is 2.32 bits per heavy atom. The molecule has 0 radical (unpaired) electrons. The lowest BCUT2D eigenvalue weighted by molar-refractivity contribution is 0.264. The van der Waals surface area contributed by atoms with Crippen molar-refractivity contribution in [2.75, 3.05) is 25.5 Å². The highest BCUT2D eigenvalue weighted by Gasteiger charge is 2.28. The van der Waals surface area contributed by atoms with Gasteiger partial charge in [0, 0.05) is 17.3 Å². The minimum Gasteiger partial charge on any atom is -0.382 e. The second-order valence-corrected chi connectivity index (χ2v) is 8.66. The summed E-state index contributed by atoms with van der Waals surface area (Å²) in [5.41, 5.74) is 7.62. The SMILES string of the molecule is CN1CCC(Nc2ccccc2C(N)S(=O)(=O)c2ccccc2)CC1. The molecule has 6 heteroatoms. The molecule has 1 atom stereocenters. The Balaban J connectivity index is 1.85. The third kappa shape index (κ3) is 4.03. The maximum Gasteiger partial charge on any atom is 0.198 e. The molecule has 0 aliphatic carbocycles. The van der Waals surface area contributed by atoms with Crippen molar-refractivity contribution in [3.63, 3.8) is 0 Å². The normalized spacial score (nSPS) is 18.0. The number of sulfone groups is 1. The van der Waals surface area contributed by atoms with E-state index in [1.165, 1.54) is 0 Å². The van der Waals surface area contributed by atoms with Gasteiger partial charge in [-0.3, -0.25) is 0 Å². The van der Waals surface area contributed by atoms with Gasteiger partial charge in [-0.2, -0.15) is 0 Å². The largest absolute Gasteiger partial charge is 0.382 e. The molecule has 1 fully saturated rings. The number of nitrogens with one attached hydrogen (secondary N) is 1. The van der Waals surface area contributed by atoms with Crippen LogP contribution in [-0.4, -0.2) is 39.5 Å². The summed E-state index contributed by atoms with van der Waals surface area (Å²) in [6.45, 7) is 2.07. The van der Waals surface area contributed by atoms with E-state index in [1.807, 2.05) is 18.2 Å². The predicted molar refractivity (Wildman–Crippen MR) is 101 cm³/mol. The van der Waals surface area contributed by atoms with Gasteiger partial charge in [0.25, 0.3) is 0 Å². The number of hydrogen-bond donors (Lipinski definition) is 2. The quantitative estimate of drug-likeness (QED) is 0.858. The first-order chi connectivity index (χ1) is 12.0. The van der Waals surface area contributed by atoms with Gasteiger partial charge >= 0.3 is 0 Å². The van der Waals surface area contributed by atoms with Crippen molar-refractivity contribution in [1.82, 2.24) is 4.90 Å². The molecule has 3 N–H and O–H groups in total. The Morgan fingerprint density at radius 1 is 1.04 bits per heavy atom. The molecule has 0 spiro atoms. The van der Waals surface area contributed by atoms with E-state index in [1.54, 1.807) is 36.4 Å². The molecule has 2 aromatic rings. The monoisotopic (exact) mass is 359 g/mol. The minimum absolute atomic E-state index is 0.247. The molecule has 1 unspecified atom stereocenters. The summed E-state index contributed by atoms with van der Waals surface area (Å²) in [6, 6.07) is 16.2. The zero-order chi connectivity index (χ0) is 17.9. The van der Waals surface area contributed by atoms with Gasteiger partial charge in [0.15, 0.2) is 9.84 Å². The number of nitrogens with two attached hydrogens (primary N) is 1. The molecule has 134 valence electrons. The van der Waals surface area contributed by atoms with E-state index in [0.717, 1.165) is 31.6 Å². The Hall–Kier alpha value is -1.89. The summed E-state index contributed by atoms with van der Waals surface area (Å²) >= 11 is 0. The van der Waals surface area contributed by atoms with Crippen molar-refractivity contribution in [2.45, 2.75) is 29.2 Å². The molecule has 0 saturated carbocycles. The summed E-state index contributed by atoms with van der Waals surface area (Å²) in [6.07, 6.45) is 2.07. The number of rotatable bonds is 5. The van der Waals surface area contributed by atoms with Gasteiger partial charge in [0.1, 0.15) is 5.37 Å². The van der Waals surface area contributed by atoms with Crippen molar-refractivity contribution in [3.8, 4) is 0 Å². The summed E-state index contributed by atoms with van der Waals surface area (Å²) < 4.78 is 25.7. The topological polar surface area (TPSA) is 75.4 Å². The highest BCUT2D eigenvalue weighted by molar-refractivity contribution is 7.91. The lowest BCUT2D eigenvalue weighted by Crippen LogP contribution is -2.37. The third-order valence-electron chi connectivity index (χ3n) is 4.75. The molecule has 0 bridgehead atoms. The molecular weight excluding hydrogens is 334 g/mol. The van der Waals surface area contributed by atoms with Gasteiger partial charge in [0.2, 0.25) is 0 Å². The van der Waals surface area contributed by atoms with Crippen LogP contribution in [0.25, 0.3) is 0 Å². The van der Waals surface area contributed by atoms with Crippen LogP contribution in [0.2, 0.25) is 0 Å². The van der Waals surface area contributed by atoms with Gasteiger partial charge in [-0.05, 0) is 51.2 Å². The van der Waals surface area contributed by atoms with E-state index in [-0.39, 0.29) is 4.90 Å². The Bertz CT molecular complexity index is 800. The van der Waals surface area contributed by atoms with Crippen LogP contribution in [0.5, 0.6) is 0 Å². The maximum atomic E-state index is 12.9. The number of hydrogen-bond acceptors (Lipinski definition) is 5. The van der Waals surface area contributed by atoms with Crippen LogP contribution in [0.1, 0.15) is 23.8 Å². The highest BCUT2D eigenvalue weighted by Crippen LogP contribution is 2.30. The number of nitrogens with zero attached hydrogens (tertiary/aromatic N) is 1. The Morgan fingerprint density at radius 2 is 1.64 bits per heavy atom. The first-order valence-corrected chi connectivity index (χ1v) is 10.1. The summed E-state index contributed by atoms with van der Waals surface area (Å²) in [7, 11) is -1.52. The lowest BCUT2D eigenvalue weighted by atomic mass is 10.0. The first-order valence-electron chi connectivity index (χ1n) is 8.57. The van der Waals surface area contributed by atoms with Crippen LogP contribution in [0, 0.1) is 0 Å². The van der Waals surface area contributed by atoms with Crippen LogP contribution in [0.4, 0.5) is 5.69 Å². The fourth-order valence-corrected chi connectivity index (χ4v) is 4.54. The number of benzene rings is 2. The lowest BCUT2D eigenvalue weighted by Gasteiger charge is -2.31. The average Bonchev–Trinajstić information content (AvgIpc) is 2.64. The van der Waals surface area contributed by atoms with Crippen LogP contribution in [-0.2, 0) is 9.84 Å².